The van der Waals surface area contributed by atoms with Crippen molar-refractivity contribution < 1.29 is 0 Å². The number of benzene rings is 1. The van der Waals surface area contributed by atoms with Crippen LogP contribution in [0.15, 0.2) is 33.6 Å². The van der Waals surface area contributed by atoms with E-state index in [1.165, 1.54) is 29.9 Å². The second-order valence-corrected chi connectivity index (χ2v) is 6.53. The molecule has 1 fully saturated rings. The molecule has 0 N–H and O–H groups in total. The Balaban J connectivity index is 1.90. The maximum Gasteiger partial charge on any atom is 0.0176 e. The van der Waals surface area contributed by atoms with Gasteiger partial charge in [0, 0.05) is 15.1 Å². The van der Waals surface area contributed by atoms with E-state index < -0.39 is 0 Å². The van der Waals surface area contributed by atoms with Crippen LogP contribution < -0.4 is 0 Å². The third kappa shape index (κ3) is 2.95. The van der Waals surface area contributed by atoms with Gasteiger partial charge in [-0.2, -0.15) is 12.6 Å². The summed E-state index contributed by atoms with van der Waals surface area (Å²) in [5, 5.41) is 0. The van der Waals surface area contributed by atoms with Gasteiger partial charge in [-0.25, -0.2) is 0 Å². The van der Waals surface area contributed by atoms with Gasteiger partial charge >= 0.3 is 0 Å². The van der Waals surface area contributed by atoms with Gasteiger partial charge in [0.05, 0.1) is 0 Å². The van der Waals surface area contributed by atoms with Crippen molar-refractivity contribution in [2.75, 3.05) is 11.5 Å². The minimum atomic E-state index is 0.529. The Morgan fingerprint density at radius 3 is 2.40 bits per heavy atom. The largest absolute Gasteiger partial charge is 0.179 e. The second kappa shape index (κ2) is 5.15. The molecule has 1 aliphatic rings. The molecule has 1 saturated carbocycles. The van der Waals surface area contributed by atoms with Crippen LogP contribution in [0.2, 0.25) is 0 Å². The lowest BCUT2D eigenvalue weighted by Gasteiger charge is -2.40. The first kappa shape index (κ1) is 11.9. The number of rotatable bonds is 4. The van der Waals surface area contributed by atoms with E-state index in [1.54, 1.807) is 0 Å². The van der Waals surface area contributed by atoms with E-state index in [2.05, 4.69) is 52.8 Å². The smallest absolute Gasteiger partial charge is 0.0176 e. The van der Waals surface area contributed by atoms with Crippen LogP contribution in [0.1, 0.15) is 19.3 Å². The third-order valence-electron chi connectivity index (χ3n) is 3.11. The van der Waals surface area contributed by atoms with E-state index in [1.807, 2.05) is 11.8 Å². The van der Waals surface area contributed by atoms with Gasteiger partial charge < -0.3 is 0 Å². The minimum absolute atomic E-state index is 0.529. The van der Waals surface area contributed by atoms with Gasteiger partial charge in [-0.1, -0.05) is 22.4 Å². The average molecular weight is 303 g/mol. The maximum absolute atomic E-state index is 4.47. The lowest BCUT2D eigenvalue weighted by atomic mass is 9.72. The Kier molecular flexibility index (Phi) is 4.08. The van der Waals surface area contributed by atoms with Gasteiger partial charge in [0.25, 0.3) is 0 Å². The van der Waals surface area contributed by atoms with Crippen LogP contribution in [0.5, 0.6) is 0 Å². The second-order valence-electron chi connectivity index (χ2n) is 4.25. The van der Waals surface area contributed by atoms with Gasteiger partial charge in [0.2, 0.25) is 0 Å². The minimum Gasteiger partial charge on any atom is -0.179 e. The Labute approximate surface area is 110 Å². The molecule has 1 aliphatic carbocycles. The molecule has 1 aromatic rings. The van der Waals surface area contributed by atoms with E-state index in [0.29, 0.717) is 5.41 Å². The monoisotopic (exact) mass is 302 g/mol. The molecule has 2 rings (SSSR count). The molecular weight excluding hydrogens is 288 g/mol. The predicted molar refractivity (Wildman–Crippen MR) is 75.0 cm³/mol. The molecule has 0 aromatic heterocycles. The van der Waals surface area contributed by atoms with E-state index in [9.17, 15) is 0 Å². The summed E-state index contributed by atoms with van der Waals surface area (Å²) in [5.41, 5.74) is 0.529. The van der Waals surface area contributed by atoms with E-state index in [4.69, 9.17) is 0 Å². The zero-order valence-corrected chi connectivity index (χ0v) is 11.9. The molecule has 0 amide bonds. The highest BCUT2D eigenvalue weighted by atomic mass is 79.9. The summed E-state index contributed by atoms with van der Waals surface area (Å²) >= 11 is 9.89. The van der Waals surface area contributed by atoms with Gasteiger partial charge in [-0.15, -0.1) is 11.8 Å². The fraction of sp³-hybridized carbons (Fsp3) is 0.500. The van der Waals surface area contributed by atoms with Crippen LogP contribution in [0.25, 0.3) is 0 Å². The molecule has 0 unspecified atom stereocenters. The lowest BCUT2D eigenvalue weighted by molar-refractivity contribution is 0.205. The average Bonchev–Trinajstić information content (AvgIpc) is 2.20. The highest BCUT2D eigenvalue weighted by Gasteiger charge is 2.35. The zero-order chi connectivity index (χ0) is 10.7. The highest BCUT2D eigenvalue weighted by molar-refractivity contribution is 9.10. The predicted octanol–water partition coefficient (Wildman–Crippen LogP) is 4.64. The zero-order valence-electron chi connectivity index (χ0n) is 8.58. The van der Waals surface area contributed by atoms with Crippen molar-refractivity contribution in [1.29, 1.82) is 0 Å². The highest BCUT2D eigenvalue weighted by Crippen LogP contribution is 2.45. The van der Waals surface area contributed by atoms with Crippen molar-refractivity contribution in [3.05, 3.63) is 28.7 Å². The molecule has 0 saturated heterocycles. The molecule has 0 bridgehead atoms. The van der Waals surface area contributed by atoms with Crippen LogP contribution in [0, 0.1) is 5.41 Å². The standard InChI is InChI=1S/C12H15BrS2/c13-10-2-4-11(5-3-10)15-9-12(8-14)6-1-7-12/h2-5,14H,1,6-9H2. The Bertz CT molecular complexity index is 311. The Hall–Kier alpha value is 0.400. The lowest BCUT2D eigenvalue weighted by Crippen LogP contribution is -2.33. The summed E-state index contributed by atoms with van der Waals surface area (Å²) in [7, 11) is 0. The molecule has 0 heterocycles. The summed E-state index contributed by atoms with van der Waals surface area (Å²) in [6, 6.07) is 8.58. The quantitative estimate of drug-likeness (QED) is 0.624. The first-order valence-corrected chi connectivity index (χ1v) is 7.64. The molecule has 15 heavy (non-hydrogen) atoms. The molecule has 0 spiro atoms. The van der Waals surface area contributed by atoms with Crippen molar-refractivity contribution in [1.82, 2.24) is 0 Å². The number of halogens is 1. The summed E-state index contributed by atoms with van der Waals surface area (Å²) < 4.78 is 1.15. The fourth-order valence-electron chi connectivity index (χ4n) is 1.79. The number of hydrogen-bond donors (Lipinski definition) is 1. The molecule has 82 valence electrons. The molecule has 0 radical (unpaired) electrons. The number of thioether (sulfide) groups is 1. The van der Waals surface area contributed by atoms with Crippen LogP contribution in [-0.4, -0.2) is 11.5 Å². The van der Waals surface area contributed by atoms with E-state index in [-0.39, 0.29) is 0 Å². The van der Waals surface area contributed by atoms with E-state index >= 15 is 0 Å². The summed E-state index contributed by atoms with van der Waals surface area (Å²) in [5.74, 6) is 2.26. The van der Waals surface area contributed by atoms with Crippen LogP contribution in [0.3, 0.4) is 0 Å². The van der Waals surface area contributed by atoms with Gasteiger partial charge in [0.1, 0.15) is 0 Å². The molecule has 3 heteroatoms. The molecule has 0 atom stereocenters. The molecule has 1 aromatic carbocycles. The molecule has 0 nitrogen and oxygen atoms in total. The SMILES string of the molecule is SCC1(CSc2ccc(Br)cc2)CCC1. The summed E-state index contributed by atoms with van der Waals surface area (Å²) in [6.45, 7) is 0. The Morgan fingerprint density at radius 2 is 1.93 bits per heavy atom. The van der Waals surface area contributed by atoms with Crippen molar-refractivity contribution in [2.24, 2.45) is 5.41 Å². The normalized spacial score (nSPS) is 18.5. The maximum atomic E-state index is 4.47. The first-order chi connectivity index (χ1) is 7.24. The number of thiol groups is 1. The molecule has 0 aliphatic heterocycles. The fourth-order valence-corrected chi connectivity index (χ4v) is 3.83. The van der Waals surface area contributed by atoms with E-state index in [0.717, 1.165) is 10.2 Å². The summed E-state index contributed by atoms with van der Waals surface area (Å²) in [6.07, 6.45) is 4.11. The van der Waals surface area contributed by atoms with Crippen LogP contribution >= 0.6 is 40.3 Å². The van der Waals surface area contributed by atoms with Crippen molar-refractivity contribution >= 4 is 40.3 Å². The van der Waals surface area contributed by atoms with Crippen molar-refractivity contribution in [3.63, 3.8) is 0 Å². The van der Waals surface area contributed by atoms with Crippen molar-refractivity contribution in [3.8, 4) is 0 Å². The van der Waals surface area contributed by atoms with Gasteiger partial charge in [-0.3, -0.25) is 0 Å². The van der Waals surface area contributed by atoms with Crippen molar-refractivity contribution in [2.45, 2.75) is 24.2 Å². The first-order valence-electron chi connectivity index (χ1n) is 5.23. The van der Waals surface area contributed by atoms with Crippen LogP contribution in [-0.2, 0) is 0 Å². The van der Waals surface area contributed by atoms with Crippen LogP contribution in [0.4, 0.5) is 0 Å². The Morgan fingerprint density at radius 1 is 1.27 bits per heavy atom. The van der Waals surface area contributed by atoms with Gasteiger partial charge in [0.15, 0.2) is 0 Å². The summed E-state index contributed by atoms with van der Waals surface area (Å²) in [4.78, 5) is 1.37. The molecular formula is C12H15BrS2. The van der Waals surface area contributed by atoms with Gasteiger partial charge in [-0.05, 0) is 48.3 Å². The third-order valence-corrected chi connectivity index (χ3v) is 5.67. The topological polar surface area (TPSA) is 0 Å². The number of hydrogen-bond acceptors (Lipinski definition) is 2.